The van der Waals surface area contributed by atoms with Crippen molar-refractivity contribution in [2.24, 2.45) is 39.8 Å². The van der Waals surface area contributed by atoms with Crippen LogP contribution in [-0.2, 0) is 33.6 Å². The summed E-state index contributed by atoms with van der Waals surface area (Å²) >= 11 is 0. The summed E-state index contributed by atoms with van der Waals surface area (Å²) < 4.78 is 0. The first-order valence-corrected chi connectivity index (χ1v) is 13.7. The number of nitrogens with one attached hydrogen (secondary N) is 5. The number of guanidine groups is 1. The second-order valence-electron chi connectivity index (χ2n) is 10.6. The number of carbonyl (C=O) groups is 7. The highest BCUT2D eigenvalue weighted by Gasteiger charge is 2.28. The van der Waals surface area contributed by atoms with Crippen molar-refractivity contribution < 1.29 is 38.7 Å². The number of nitrogens with two attached hydrogens (primary N) is 4. The molecular formula is C25H46N10O8. The maximum Gasteiger partial charge on any atom is 0.326 e. The molecule has 0 aliphatic carbocycles. The zero-order valence-electron chi connectivity index (χ0n) is 25.0. The number of nitrogens with zero attached hydrogens (tertiary/aromatic N) is 1. The fraction of sp³-hybridized carbons (Fsp3) is 0.680. The van der Waals surface area contributed by atoms with E-state index in [2.05, 4.69) is 31.6 Å². The standard InChI is InChI=1S/C25H46N10O8/c1-12(2)8-15(34-21(39)14(26)6-5-7-30-25(28)29)22(40)31-10-18(37)33-16(9-17(27)36)23(41)32-11-19(38)35-20(13(3)4)24(42)43/h12-16,20H,5-11,26H2,1-4H3,(H2,27,36)(H,31,40)(H,32,41)(H,33,37)(H,34,39)(H,35,38)(H,42,43)(H4,28,29,30)/t14-,15-,16-,20-/m0/s1. The van der Waals surface area contributed by atoms with Crippen LogP contribution in [0.3, 0.4) is 0 Å². The number of carboxylic acids is 1. The number of carbonyl (C=O) groups excluding carboxylic acids is 6. The predicted octanol–water partition coefficient (Wildman–Crippen LogP) is -4.28. The summed E-state index contributed by atoms with van der Waals surface area (Å²) in [5.74, 6) is -6.61. The predicted molar refractivity (Wildman–Crippen MR) is 155 cm³/mol. The third kappa shape index (κ3) is 17.2. The molecule has 0 rings (SSSR count). The van der Waals surface area contributed by atoms with Crippen LogP contribution in [0.4, 0.5) is 0 Å². The first kappa shape index (κ1) is 38.5. The largest absolute Gasteiger partial charge is 0.480 e. The summed E-state index contributed by atoms with van der Waals surface area (Å²) in [6.07, 6.45) is 0.293. The molecule has 4 atom stereocenters. The molecular weight excluding hydrogens is 568 g/mol. The van der Waals surface area contributed by atoms with Gasteiger partial charge in [-0.2, -0.15) is 0 Å². The molecule has 0 fully saturated rings. The molecule has 0 saturated heterocycles. The normalized spacial score (nSPS) is 13.6. The van der Waals surface area contributed by atoms with Crippen molar-refractivity contribution in [3.8, 4) is 0 Å². The fourth-order valence-corrected chi connectivity index (χ4v) is 3.61. The van der Waals surface area contributed by atoms with Crippen LogP contribution in [0.1, 0.15) is 53.4 Å². The molecule has 43 heavy (non-hydrogen) atoms. The minimum Gasteiger partial charge on any atom is -0.480 e. The average Bonchev–Trinajstić information content (AvgIpc) is 2.89. The first-order valence-electron chi connectivity index (χ1n) is 13.7. The van der Waals surface area contributed by atoms with Crippen LogP contribution in [0.5, 0.6) is 0 Å². The minimum absolute atomic E-state index is 0.0184. The first-order chi connectivity index (χ1) is 19.9. The Morgan fingerprint density at radius 1 is 0.767 bits per heavy atom. The molecule has 0 aromatic heterocycles. The highest BCUT2D eigenvalue weighted by molar-refractivity contribution is 5.96. The Kier molecular flexibility index (Phi) is 17.6. The monoisotopic (exact) mass is 614 g/mol. The maximum absolute atomic E-state index is 12.8. The van der Waals surface area contributed by atoms with E-state index in [1.165, 1.54) is 0 Å². The summed E-state index contributed by atoms with van der Waals surface area (Å²) in [5, 5.41) is 20.8. The van der Waals surface area contributed by atoms with Gasteiger partial charge in [0.2, 0.25) is 35.4 Å². The SMILES string of the molecule is CC(C)C[C@H](NC(=O)[C@@H](N)CCCN=C(N)N)C(=O)NCC(=O)N[C@@H](CC(N)=O)C(=O)NCC(=O)N[C@H](C(=O)O)C(C)C. The Hall–Kier alpha value is -4.48. The van der Waals surface area contributed by atoms with Gasteiger partial charge >= 0.3 is 5.97 Å². The van der Waals surface area contributed by atoms with Crippen molar-refractivity contribution in [3.05, 3.63) is 0 Å². The fourth-order valence-electron chi connectivity index (χ4n) is 3.61. The van der Waals surface area contributed by atoms with Gasteiger partial charge in [-0.25, -0.2) is 4.79 Å². The molecule has 0 heterocycles. The van der Waals surface area contributed by atoms with Crippen molar-refractivity contribution in [1.82, 2.24) is 26.6 Å². The molecule has 0 aliphatic rings. The summed E-state index contributed by atoms with van der Waals surface area (Å²) in [4.78, 5) is 89.0. The Bertz CT molecular complexity index is 1030. The summed E-state index contributed by atoms with van der Waals surface area (Å²) in [5.41, 5.74) is 21.6. The number of aliphatic imine (C=N–C) groups is 1. The van der Waals surface area contributed by atoms with Gasteiger partial charge in [0.1, 0.15) is 18.1 Å². The van der Waals surface area contributed by atoms with Crippen LogP contribution < -0.4 is 49.5 Å². The van der Waals surface area contributed by atoms with E-state index in [4.69, 9.17) is 22.9 Å². The number of carboxylic acid groups (broad SMARTS) is 1. The molecule has 18 nitrogen and oxygen atoms in total. The van der Waals surface area contributed by atoms with Gasteiger partial charge in [-0.3, -0.25) is 33.8 Å². The molecule has 0 saturated carbocycles. The zero-order valence-corrected chi connectivity index (χ0v) is 25.0. The van der Waals surface area contributed by atoms with Crippen molar-refractivity contribution in [2.45, 2.75) is 77.5 Å². The number of aliphatic carboxylic acids is 1. The lowest BCUT2D eigenvalue weighted by molar-refractivity contribution is -0.143. The number of hydrogen-bond donors (Lipinski definition) is 10. The van der Waals surface area contributed by atoms with E-state index in [0.29, 0.717) is 6.42 Å². The molecule has 18 heteroatoms. The highest BCUT2D eigenvalue weighted by atomic mass is 16.4. The van der Waals surface area contributed by atoms with Crippen LogP contribution >= 0.6 is 0 Å². The molecule has 0 unspecified atom stereocenters. The molecule has 6 amide bonds. The number of hydrogen-bond acceptors (Lipinski definition) is 9. The summed E-state index contributed by atoms with van der Waals surface area (Å²) in [6.45, 7) is 5.84. The smallest absolute Gasteiger partial charge is 0.326 e. The Balaban J connectivity index is 5.11. The average molecular weight is 615 g/mol. The van der Waals surface area contributed by atoms with Crippen molar-refractivity contribution in [2.75, 3.05) is 19.6 Å². The van der Waals surface area contributed by atoms with Gasteiger partial charge in [-0.05, 0) is 31.1 Å². The summed E-state index contributed by atoms with van der Waals surface area (Å²) in [6, 6.07) is -4.63. The molecule has 0 aliphatic heterocycles. The Morgan fingerprint density at radius 3 is 1.77 bits per heavy atom. The molecule has 0 spiro atoms. The van der Waals surface area contributed by atoms with E-state index in [9.17, 15) is 38.7 Å². The quantitative estimate of drug-likeness (QED) is 0.0355. The molecule has 14 N–H and O–H groups in total. The highest BCUT2D eigenvalue weighted by Crippen LogP contribution is 2.06. The van der Waals surface area contributed by atoms with Gasteiger partial charge in [0, 0.05) is 6.54 Å². The van der Waals surface area contributed by atoms with Crippen LogP contribution in [-0.4, -0.2) is 96.3 Å². The molecule has 0 radical (unpaired) electrons. The lowest BCUT2D eigenvalue weighted by Crippen LogP contribution is -2.55. The van der Waals surface area contributed by atoms with Crippen molar-refractivity contribution in [3.63, 3.8) is 0 Å². The van der Waals surface area contributed by atoms with Gasteiger partial charge < -0.3 is 54.6 Å². The van der Waals surface area contributed by atoms with Crippen LogP contribution in [0.15, 0.2) is 4.99 Å². The van der Waals surface area contributed by atoms with E-state index in [1.54, 1.807) is 13.8 Å². The Morgan fingerprint density at radius 2 is 1.30 bits per heavy atom. The van der Waals surface area contributed by atoms with Gasteiger partial charge in [0.25, 0.3) is 0 Å². The van der Waals surface area contributed by atoms with E-state index in [-0.39, 0.29) is 31.3 Å². The van der Waals surface area contributed by atoms with Gasteiger partial charge in [-0.15, -0.1) is 0 Å². The van der Waals surface area contributed by atoms with Crippen LogP contribution in [0, 0.1) is 11.8 Å². The van der Waals surface area contributed by atoms with Gasteiger partial charge in [0.05, 0.1) is 25.6 Å². The van der Waals surface area contributed by atoms with Crippen molar-refractivity contribution >= 4 is 47.4 Å². The van der Waals surface area contributed by atoms with Gasteiger partial charge in [0.15, 0.2) is 5.96 Å². The third-order valence-electron chi connectivity index (χ3n) is 5.80. The van der Waals surface area contributed by atoms with Crippen LogP contribution in [0.25, 0.3) is 0 Å². The topological polar surface area (TPSA) is 316 Å². The lowest BCUT2D eigenvalue weighted by Gasteiger charge is -2.22. The van der Waals surface area contributed by atoms with E-state index >= 15 is 0 Å². The van der Waals surface area contributed by atoms with E-state index in [1.807, 2.05) is 13.8 Å². The molecule has 244 valence electrons. The van der Waals surface area contributed by atoms with Crippen LogP contribution in [0.2, 0.25) is 0 Å². The second kappa shape index (κ2) is 19.6. The number of primary amides is 1. The minimum atomic E-state index is -1.49. The number of rotatable bonds is 20. The van der Waals surface area contributed by atoms with Gasteiger partial charge in [-0.1, -0.05) is 27.7 Å². The Labute approximate surface area is 249 Å². The maximum atomic E-state index is 12.8. The molecule has 0 aromatic carbocycles. The van der Waals surface area contributed by atoms with E-state index in [0.717, 1.165) is 0 Å². The second-order valence-corrected chi connectivity index (χ2v) is 10.6. The summed E-state index contributed by atoms with van der Waals surface area (Å²) in [7, 11) is 0. The zero-order chi connectivity index (χ0) is 33.3. The van der Waals surface area contributed by atoms with E-state index < -0.39 is 91.0 Å². The lowest BCUT2D eigenvalue weighted by atomic mass is 10.0. The van der Waals surface area contributed by atoms with Crippen molar-refractivity contribution in [1.29, 1.82) is 0 Å². The molecule has 0 bridgehead atoms. The number of amides is 6. The molecule has 0 aromatic rings. The third-order valence-corrected chi connectivity index (χ3v) is 5.80.